The lowest BCUT2D eigenvalue weighted by Gasteiger charge is -1.89. The first kappa shape index (κ1) is 6.36. The van der Waals surface area contributed by atoms with Crippen molar-refractivity contribution in [1.29, 1.82) is 0 Å². The summed E-state index contributed by atoms with van der Waals surface area (Å²) in [6.07, 6.45) is 3.07. The molecule has 0 aliphatic carbocycles. The summed E-state index contributed by atoms with van der Waals surface area (Å²) in [6.45, 7) is 1.14. The Morgan fingerprint density at radius 2 is 2.56 bits per heavy atom. The molecule has 0 saturated carbocycles. The third-order valence-corrected chi connectivity index (χ3v) is 1.10. The highest BCUT2D eigenvalue weighted by atomic mass is 16.3. The fourth-order valence-electron chi connectivity index (χ4n) is 0.662. The fourth-order valence-corrected chi connectivity index (χ4v) is 0.662. The van der Waals surface area contributed by atoms with E-state index >= 15 is 0 Å². The second kappa shape index (κ2) is 3.30. The van der Waals surface area contributed by atoms with Crippen LogP contribution < -0.4 is 0 Å². The van der Waals surface area contributed by atoms with Crippen LogP contribution in [0.1, 0.15) is 12.2 Å². The Kier molecular flexibility index (Phi) is 2.33. The van der Waals surface area contributed by atoms with Crippen LogP contribution in [0.25, 0.3) is 0 Å². The average Bonchev–Trinajstić information content (AvgIpc) is 2.34. The molecule has 0 aliphatic heterocycles. The highest BCUT2D eigenvalue weighted by molar-refractivity contribution is 4.98. The first-order valence-corrected chi connectivity index (χ1v) is 2.92. The number of furan rings is 1. The fraction of sp³-hybridized carbons (Fsp3) is 0.286. The van der Waals surface area contributed by atoms with Crippen LogP contribution in [0.5, 0.6) is 0 Å². The van der Waals surface area contributed by atoms with Gasteiger partial charge in [-0.05, 0) is 18.6 Å². The molecule has 0 aliphatic rings. The van der Waals surface area contributed by atoms with Crippen LogP contribution in [0.3, 0.4) is 0 Å². The second-order valence-corrected chi connectivity index (χ2v) is 1.80. The predicted molar refractivity (Wildman–Crippen MR) is 33.3 cm³/mol. The van der Waals surface area contributed by atoms with Crippen molar-refractivity contribution in [3.05, 3.63) is 30.8 Å². The molecule has 0 atom stereocenters. The lowest BCUT2D eigenvalue weighted by Crippen LogP contribution is -1.80. The van der Waals surface area contributed by atoms with Gasteiger partial charge in [0.2, 0.25) is 0 Å². The normalized spacial score (nSPS) is 9.89. The van der Waals surface area contributed by atoms with E-state index in [0.717, 1.165) is 18.8 Å². The van der Waals surface area contributed by atoms with Gasteiger partial charge in [0.15, 0.2) is 0 Å². The SMILES string of the molecule is O[CH]CCc1ccco1. The molecule has 0 amide bonds. The van der Waals surface area contributed by atoms with Crippen molar-refractivity contribution in [2.45, 2.75) is 12.8 Å². The maximum absolute atomic E-state index is 8.30. The molecule has 1 aromatic heterocycles. The van der Waals surface area contributed by atoms with Gasteiger partial charge < -0.3 is 9.52 Å². The van der Waals surface area contributed by atoms with Gasteiger partial charge in [-0.3, -0.25) is 0 Å². The standard InChI is InChI=1S/C7H9O2/c8-5-1-3-7-4-2-6-9-7/h2,4-6,8H,1,3H2. The van der Waals surface area contributed by atoms with Crippen LogP contribution in [0.2, 0.25) is 0 Å². The molecule has 2 nitrogen and oxygen atoms in total. The van der Waals surface area contributed by atoms with Gasteiger partial charge in [-0.25, -0.2) is 0 Å². The van der Waals surface area contributed by atoms with E-state index in [4.69, 9.17) is 9.52 Å². The van der Waals surface area contributed by atoms with Crippen LogP contribution in [0.15, 0.2) is 22.8 Å². The predicted octanol–water partition coefficient (Wildman–Crippen LogP) is 1.75. The van der Waals surface area contributed by atoms with Crippen molar-refractivity contribution >= 4 is 0 Å². The molecule has 2 heteroatoms. The van der Waals surface area contributed by atoms with Crippen LogP contribution in [0.4, 0.5) is 0 Å². The van der Waals surface area contributed by atoms with E-state index < -0.39 is 0 Å². The number of rotatable bonds is 3. The van der Waals surface area contributed by atoms with Gasteiger partial charge in [-0.1, -0.05) is 0 Å². The van der Waals surface area contributed by atoms with Crippen molar-refractivity contribution in [3.8, 4) is 0 Å². The maximum Gasteiger partial charge on any atom is 0.103 e. The van der Waals surface area contributed by atoms with Crippen molar-refractivity contribution in [2.24, 2.45) is 0 Å². The van der Waals surface area contributed by atoms with Gasteiger partial charge in [0.25, 0.3) is 0 Å². The summed E-state index contributed by atoms with van der Waals surface area (Å²) in [5, 5.41) is 8.30. The quantitative estimate of drug-likeness (QED) is 0.667. The molecule has 0 aromatic carbocycles. The molecule has 9 heavy (non-hydrogen) atoms. The van der Waals surface area contributed by atoms with Gasteiger partial charge in [-0.2, -0.15) is 0 Å². The molecule has 0 saturated heterocycles. The van der Waals surface area contributed by atoms with Crippen LogP contribution >= 0.6 is 0 Å². The van der Waals surface area contributed by atoms with Crippen molar-refractivity contribution in [1.82, 2.24) is 0 Å². The van der Waals surface area contributed by atoms with Crippen molar-refractivity contribution in [3.63, 3.8) is 0 Å². The van der Waals surface area contributed by atoms with E-state index in [1.54, 1.807) is 6.26 Å². The average molecular weight is 125 g/mol. The number of hydrogen-bond donors (Lipinski definition) is 1. The van der Waals surface area contributed by atoms with Crippen LogP contribution in [0, 0.1) is 6.61 Å². The zero-order valence-corrected chi connectivity index (χ0v) is 5.08. The van der Waals surface area contributed by atoms with Gasteiger partial charge >= 0.3 is 0 Å². The van der Waals surface area contributed by atoms with E-state index in [0.29, 0.717) is 6.42 Å². The smallest absolute Gasteiger partial charge is 0.103 e. The molecule has 0 unspecified atom stereocenters. The van der Waals surface area contributed by atoms with Gasteiger partial charge in [-0.15, -0.1) is 0 Å². The molecule has 1 radical (unpaired) electrons. The van der Waals surface area contributed by atoms with E-state index in [-0.39, 0.29) is 0 Å². The largest absolute Gasteiger partial charge is 0.469 e. The molecule has 1 aromatic rings. The van der Waals surface area contributed by atoms with Crippen LogP contribution in [-0.4, -0.2) is 5.11 Å². The zero-order valence-electron chi connectivity index (χ0n) is 5.08. The Balaban J connectivity index is 2.30. The van der Waals surface area contributed by atoms with E-state index in [2.05, 4.69) is 0 Å². The summed E-state index contributed by atoms with van der Waals surface area (Å²) in [7, 11) is 0. The molecule has 0 fully saturated rings. The third kappa shape index (κ3) is 1.90. The number of aryl methyl sites for hydroxylation is 1. The topological polar surface area (TPSA) is 33.4 Å². The van der Waals surface area contributed by atoms with Gasteiger partial charge in [0.1, 0.15) is 5.76 Å². The third-order valence-electron chi connectivity index (χ3n) is 1.10. The lowest BCUT2D eigenvalue weighted by molar-refractivity contribution is 0.367. The first-order chi connectivity index (χ1) is 4.43. The highest BCUT2D eigenvalue weighted by Crippen LogP contribution is 2.03. The van der Waals surface area contributed by atoms with Gasteiger partial charge in [0, 0.05) is 6.42 Å². The van der Waals surface area contributed by atoms with Crippen molar-refractivity contribution in [2.75, 3.05) is 0 Å². The molecule has 0 bridgehead atoms. The van der Waals surface area contributed by atoms with Gasteiger partial charge in [0.05, 0.1) is 12.9 Å². The van der Waals surface area contributed by atoms with Crippen LogP contribution in [-0.2, 0) is 6.42 Å². The number of aliphatic hydroxyl groups excluding tert-OH is 1. The Morgan fingerprint density at radius 1 is 1.67 bits per heavy atom. The molecule has 0 spiro atoms. The molecular formula is C7H9O2. The minimum absolute atomic E-state index is 0.660. The number of aliphatic hydroxyl groups is 1. The summed E-state index contributed by atoms with van der Waals surface area (Å²) in [4.78, 5) is 0. The Labute approximate surface area is 54.1 Å². The monoisotopic (exact) mass is 125 g/mol. The van der Waals surface area contributed by atoms with Crippen molar-refractivity contribution < 1.29 is 9.52 Å². The minimum Gasteiger partial charge on any atom is -0.469 e. The lowest BCUT2D eigenvalue weighted by atomic mass is 10.3. The molecule has 1 rings (SSSR count). The molecule has 49 valence electrons. The molecule has 1 N–H and O–H groups in total. The Bertz CT molecular complexity index is 144. The molecular weight excluding hydrogens is 116 g/mol. The Morgan fingerprint density at radius 3 is 3.11 bits per heavy atom. The minimum atomic E-state index is 0.660. The highest BCUT2D eigenvalue weighted by Gasteiger charge is 1.92. The zero-order chi connectivity index (χ0) is 6.53. The maximum atomic E-state index is 8.30. The number of hydrogen-bond acceptors (Lipinski definition) is 2. The summed E-state index contributed by atoms with van der Waals surface area (Å²) in [5.74, 6) is 0.917. The van der Waals surface area contributed by atoms with E-state index in [1.807, 2.05) is 12.1 Å². The summed E-state index contributed by atoms with van der Waals surface area (Å²) < 4.78 is 5.00. The van der Waals surface area contributed by atoms with E-state index in [9.17, 15) is 0 Å². The first-order valence-electron chi connectivity index (χ1n) is 2.92. The summed E-state index contributed by atoms with van der Waals surface area (Å²) >= 11 is 0. The van der Waals surface area contributed by atoms with E-state index in [1.165, 1.54) is 0 Å². The summed E-state index contributed by atoms with van der Waals surface area (Å²) in [5.41, 5.74) is 0. The molecule has 1 heterocycles. The summed E-state index contributed by atoms with van der Waals surface area (Å²) in [6, 6.07) is 3.73. The Hall–Kier alpha value is -0.760. The second-order valence-electron chi connectivity index (χ2n) is 1.80.